The average Bonchev–Trinajstić information content (AvgIpc) is 3.17. The first-order valence-electron chi connectivity index (χ1n) is 9.36. The van der Waals surface area contributed by atoms with Gasteiger partial charge in [0.25, 0.3) is 5.69 Å². The number of carbonyl (C=O) groups excluding carboxylic acids is 2. The lowest BCUT2D eigenvalue weighted by Gasteiger charge is -2.21. The summed E-state index contributed by atoms with van der Waals surface area (Å²) in [4.78, 5) is 36.3. The van der Waals surface area contributed by atoms with Crippen molar-refractivity contribution in [3.63, 3.8) is 0 Å². The number of hydrogen-bond donors (Lipinski definition) is 0. The Balaban J connectivity index is 1.94. The smallest absolute Gasteiger partial charge is 0.330 e. The SMILES string of the molecule is CCOC(=O)C1CC(C(=O)c2cc(OC)ccc2[N+](=O)[O-])=NN1Cc1ccccc1. The Morgan fingerprint density at radius 1 is 1.23 bits per heavy atom. The second-order valence-corrected chi connectivity index (χ2v) is 6.57. The molecule has 0 saturated carbocycles. The number of Topliss-reactive ketones (excluding diaryl/α,β-unsaturated/α-hetero) is 1. The number of esters is 1. The topological polar surface area (TPSA) is 111 Å². The van der Waals surface area contributed by atoms with E-state index >= 15 is 0 Å². The third-order valence-corrected chi connectivity index (χ3v) is 4.65. The molecule has 156 valence electrons. The normalized spacial score (nSPS) is 15.5. The fraction of sp³-hybridized carbons (Fsp3) is 0.286. The first kappa shape index (κ1) is 21.0. The fourth-order valence-corrected chi connectivity index (χ4v) is 3.19. The van der Waals surface area contributed by atoms with E-state index in [4.69, 9.17) is 9.47 Å². The van der Waals surface area contributed by atoms with Gasteiger partial charge in [0.1, 0.15) is 17.0 Å². The number of hydrazone groups is 1. The highest BCUT2D eigenvalue weighted by Gasteiger charge is 2.38. The molecule has 0 radical (unpaired) electrons. The van der Waals surface area contributed by atoms with E-state index in [1.807, 2.05) is 30.3 Å². The third-order valence-electron chi connectivity index (χ3n) is 4.65. The quantitative estimate of drug-likeness (QED) is 0.284. The van der Waals surface area contributed by atoms with Gasteiger partial charge in [-0.3, -0.25) is 19.9 Å². The number of benzene rings is 2. The van der Waals surface area contributed by atoms with E-state index in [9.17, 15) is 19.7 Å². The van der Waals surface area contributed by atoms with Crippen molar-refractivity contribution in [2.24, 2.45) is 5.10 Å². The summed E-state index contributed by atoms with van der Waals surface area (Å²) in [5.74, 6) is -0.809. The number of hydrogen-bond acceptors (Lipinski definition) is 8. The zero-order valence-electron chi connectivity index (χ0n) is 16.6. The molecule has 0 saturated heterocycles. The molecule has 1 atom stereocenters. The molecular weight excluding hydrogens is 390 g/mol. The maximum absolute atomic E-state index is 13.1. The summed E-state index contributed by atoms with van der Waals surface area (Å²) in [6.45, 7) is 2.18. The average molecular weight is 411 g/mol. The highest BCUT2D eigenvalue weighted by Crippen LogP contribution is 2.28. The lowest BCUT2D eigenvalue weighted by atomic mass is 10.0. The maximum atomic E-state index is 13.1. The largest absolute Gasteiger partial charge is 0.497 e. The lowest BCUT2D eigenvalue weighted by molar-refractivity contribution is -0.385. The number of ether oxygens (including phenoxy) is 2. The monoisotopic (exact) mass is 411 g/mol. The van der Waals surface area contributed by atoms with Crippen molar-refractivity contribution in [2.45, 2.75) is 25.9 Å². The molecule has 0 aromatic heterocycles. The molecule has 1 heterocycles. The molecule has 0 aliphatic carbocycles. The van der Waals surface area contributed by atoms with Crippen molar-refractivity contribution in [1.82, 2.24) is 5.01 Å². The molecule has 9 heteroatoms. The summed E-state index contributed by atoms with van der Waals surface area (Å²) in [6.07, 6.45) is -0.00113. The molecule has 30 heavy (non-hydrogen) atoms. The third kappa shape index (κ3) is 4.45. The predicted molar refractivity (Wildman–Crippen MR) is 108 cm³/mol. The minimum Gasteiger partial charge on any atom is -0.497 e. The molecule has 0 fully saturated rings. The Morgan fingerprint density at radius 2 is 1.97 bits per heavy atom. The van der Waals surface area contributed by atoms with Crippen molar-refractivity contribution in [2.75, 3.05) is 13.7 Å². The summed E-state index contributed by atoms with van der Waals surface area (Å²) in [6, 6.07) is 12.5. The van der Waals surface area contributed by atoms with E-state index < -0.39 is 22.7 Å². The van der Waals surface area contributed by atoms with Gasteiger partial charge in [0.2, 0.25) is 5.78 Å². The molecular formula is C21H21N3O6. The highest BCUT2D eigenvalue weighted by atomic mass is 16.6. The second kappa shape index (κ2) is 9.17. The van der Waals surface area contributed by atoms with Gasteiger partial charge in [-0.2, -0.15) is 5.10 Å². The molecule has 2 aromatic rings. The van der Waals surface area contributed by atoms with E-state index in [0.29, 0.717) is 12.3 Å². The van der Waals surface area contributed by atoms with E-state index in [1.165, 1.54) is 30.3 Å². The van der Waals surface area contributed by atoms with Gasteiger partial charge in [-0.1, -0.05) is 30.3 Å². The summed E-state index contributed by atoms with van der Waals surface area (Å²) in [7, 11) is 1.40. The standard InChI is InChI=1S/C21H21N3O6/c1-3-30-21(26)19-12-17(22-23(19)13-14-7-5-4-6-8-14)20(25)16-11-15(29-2)9-10-18(16)24(27)28/h4-11,19H,3,12-13H2,1-2H3. The Kier molecular flexibility index (Phi) is 6.41. The van der Waals surface area contributed by atoms with Crippen LogP contribution in [0.25, 0.3) is 0 Å². The minimum absolute atomic E-state index is 0.00113. The van der Waals surface area contributed by atoms with Crippen LogP contribution < -0.4 is 4.74 Å². The van der Waals surface area contributed by atoms with Gasteiger partial charge in [0, 0.05) is 12.5 Å². The van der Waals surface area contributed by atoms with Crippen molar-refractivity contribution >= 4 is 23.2 Å². The Hall–Kier alpha value is -3.75. The molecule has 0 amide bonds. The van der Waals surface area contributed by atoms with E-state index in [-0.39, 0.29) is 30.0 Å². The van der Waals surface area contributed by atoms with Crippen LogP contribution in [-0.4, -0.2) is 47.2 Å². The molecule has 2 aromatic carbocycles. The van der Waals surface area contributed by atoms with Crippen LogP contribution >= 0.6 is 0 Å². The molecule has 9 nitrogen and oxygen atoms in total. The fourth-order valence-electron chi connectivity index (χ4n) is 3.19. The molecule has 1 unspecified atom stereocenters. The van der Waals surface area contributed by atoms with Crippen molar-refractivity contribution < 1.29 is 24.0 Å². The zero-order valence-corrected chi connectivity index (χ0v) is 16.6. The minimum atomic E-state index is -0.784. The molecule has 1 aliphatic heterocycles. The first-order valence-corrected chi connectivity index (χ1v) is 9.36. The number of ketones is 1. The summed E-state index contributed by atoms with van der Waals surface area (Å²) < 4.78 is 10.2. The lowest BCUT2D eigenvalue weighted by Crippen LogP contribution is -2.35. The van der Waals surface area contributed by atoms with Crippen LogP contribution in [0.15, 0.2) is 53.6 Å². The van der Waals surface area contributed by atoms with Crippen LogP contribution in [0.3, 0.4) is 0 Å². The summed E-state index contributed by atoms with van der Waals surface area (Å²) in [5.41, 5.74) is 0.469. The first-order chi connectivity index (χ1) is 14.4. The predicted octanol–water partition coefficient (Wildman–Crippen LogP) is 2.98. The molecule has 3 rings (SSSR count). The molecule has 0 spiro atoms. The summed E-state index contributed by atoms with van der Waals surface area (Å²) in [5, 5.41) is 17.2. The molecule has 0 N–H and O–H groups in total. The number of carbonyl (C=O) groups is 2. The number of rotatable bonds is 8. The van der Waals surface area contributed by atoms with E-state index in [1.54, 1.807) is 6.92 Å². The number of nitro groups is 1. The van der Waals surface area contributed by atoms with Gasteiger partial charge >= 0.3 is 5.97 Å². The molecule has 1 aliphatic rings. The Morgan fingerprint density at radius 3 is 2.60 bits per heavy atom. The van der Waals surface area contributed by atoms with Gasteiger partial charge in [0.15, 0.2) is 6.04 Å². The van der Waals surface area contributed by atoms with Crippen LogP contribution in [0.1, 0.15) is 29.3 Å². The van der Waals surface area contributed by atoms with Crippen LogP contribution in [-0.2, 0) is 16.1 Å². The van der Waals surface area contributed by atoms with E-state index in [0.717, 1.165) is 5.56 Å². The summed E-state index contributed by atoms with van der Waals surface area (Å²) >= 11 is 0. The van der Waals surface area contributed by atoms with Crippen LogP contribution in [0.4, 0.5) is 5.69 Å². The number of nitro benzene ring substituents is 1. The van der Waals surface area contributed by atoms with Crippen LogP contribution in [0, 0.1) is 10.1 Å². The van der Waals surface area contributed by atoms with Crippen molar-refractivity contribution in [1.29, 1.82) is 0 Å². The highest BCUT2D eigenvalue weighted by molar-refractivity contribution is 6.47. The maximum Gasteiger partial charge on any atom is 0.330 e. The van der Waals surface area contributed by atoms with Gasteiger partial charge in [-0.05, 0) is 24.6 Å². The van der Waals surface area contributed by atoms with Crippen LogP contribution in [0.2, 0.25) is 0 Å². The number of nitrogens with zero attached hydrogens (tertiary/aromatic N) is 3. The van der Waals surface area contributed by atoms with Gasteiger partial charge in [-0.25, -0.2) is 4.79 Å². The number of methoxy groups -OCH3 is 1. The Bertz CT molecular complexity index is 989. The second-order valence-electron chi connectivity index (χ2n) is 6.57. The zero-order chi connectivity index (χ0) is 21.7. The van der Waals surface area contributed by atoms with Crippen molar-refractivity contribution in [3.05, 3.63) is 69.8 Å². The van der Waals surface area contributed by atoms with Crippen molar-refractivity contribution in [3.8, 4) is 5.75 Å². The van der Waals surface area contributed by atoms with Gasteiger partial charge < -0.3 is 9.47 Å². The Labute approximate surface area is 173 Å². The molecule has 0 bridgehead atoms. The van der Waals surface area contributed by atoms with Gasteiger partial charge in [0.05, 0.1) is 25.2 Å². The van der Waals surface area contributed by atoms with Crippen LogP contribution in [0.5, 0.6) is 5.75 Å². The van der Waals surface area contributed by atoms with Gasteiger partial charge in [-0.15, -0.1) is 0 Å². The van der Waals surface area contributed by atoms with E-state index in [2.05, 4.69) is 5.10 Å².